The standard InChI is InChI=1S/C14H18F/c1-11(12-5-3-2-4-6-12)13-7-9-14(15)10-8-13/h7-10,12H,2-6H2,1H3/q+1. The van der Waals surface area contributed by atoms with Gasteiger partial charge in [-0.3, -0.25) is 0 Å². The topological polar surface area (TPSA) is 0 Å². The molecular weight excluding hydrogens is 187 g/mol. The fraction of sp³-hybridized carbons (Fsp3) is 0.500. The highest BCUT2D eigenvalue weighted by molar-refractivity contribution is 5.30. The van der Waals surface area contributed by atoms with Crippen molar-refractivity contribution >= 4 is 0 Å². The van der Waals surface area contributed by atoms with Crippen molar-refractivity contribution in [3.8, 4) is 0 Å². The van der Waals surface area contributed by atoms with Crippen molar-refractivity contribution in [1.29, 1.82) is 0 Å². The quantitative estimate of drug-likeness (QED) is 0.630. The summed E-state index contributed by atoms with van der Waals surface area (Å²) in [6, 6.07) is 6.92. The minimum absolute atomic E-state index is 0.143. The normalized spacial score (nSPS) is 17.7. The molecule has 0 saturated heterocycles. The highest BCUT2D eigenvalue weighted by Crippen LogP contribution is 2.34. The molecule has 1 aromatic rings. The van der Waals surface area contributed by atoms with Gasteiger partial charge in [0.15, 0.2) is 0 Å². The van der Waals surface area contributed by atoms with E-state index in [-0.39, 0.29) is 5.82 Å². The molecule has 0 spiro atoms. The minimum atomic E-state index is -0.143. The zero-order chi connectivity index (χ0) is 10.7. The lowest BCUT2D eigenvalue weighted by molar-refractivity contribution is 0.378. The minimum Gasteiger partial charge on any atom is -0.204 e. The van der Waals surface area contributed by atoms with Crippen molar-refractivity contribution in [2.45, 2.75) is 39.0 Å². The molecule has 1 heteroatoms. The molecule has 1 fully saturated rings. The summed E-state index contributed by atoms with van der Waals surface area (Å²) in [5.74, 6) is 2.02. The van der Waals surface area contributed by atoms with E-state index in [9.17, 15) is 4.39 Å². The Morgan fingerprint density at radius 2 is 1.67 bits per heavy atom. The average Bonchev–Trinajstić information content (AvgIpc) is 2.30. The third-order valence-electron chi connectivity index (χ3n) is 3.52. The number of benzene rings is 1. The van der Waals surface area contributed by atoms with E-state index in [1.165, 1.54) is 43.6 Å². The van der Waals surface area contributed by atoms with E-state index in [0.717, 1.165) is 5.92 Å². The van der Waals surface area contributed by atoms with Crippen molar-refractivity contribution in [2.24, 2.45) is 5.92 Å². The first-order valence-electron chi connectivity index (χ1n) is 5.87. The Morgan fingerprint density at radius 3 is 2.27 bits per heavy atom. The summed E-state index contributed by atoms with van der Waals surface area (Å²) in [6.07, 6.45) is 6.70. The van der Waals surface area contributed by atoms with E-state index in [1.54, 1.807) is 12.1 Å². The van der Waals surface area contributed by atoms with Gasteiger partial charge in [-0.2, -0.15) is 0 Å². The highest BCUT2D eigenvalue weighted by atomic mass is 19.1. The van der Waals surface area contributed by atoms with Gasteiger partial charge in [-0.15, -0.1) is 0 Å². The Labute approximate surface area is 91.5 Å². The maximum absolute atomic E-state index is 12.8. The summed E-state index contributed by atoms with van der Waals surface area (Å²) in [7, 11) is 0. The maximum atomic E-state index is 12.8. The molecular formula is C14H18F+. The van der Waals surface area contributed by atoms with Crippen LogP contribution in [0.25, 0.3) is 0 Å². The predicted molar refractivity (Wildman–Crippen MR) is 61.0 cm³/mol. The molecule has 0 N–H and O–H groups in total. The van der Waals surface area contributed by atoms with Crippen molar-refractivity contribution in [2.75, 3.05) is 0 Å². The molecule has 1 aliphatic rings. The number of hydrogen-bond acceptors (Lipinski definition) is 0. The Morgan fingerprint density at radius 1 is 1.07 bits per heavy atom. The smallest absolute Gasteiger partial charge is 0.149 e. The number of halogens is 1. The van der Waals surface area contributed by atoms with Crippen LogP contribution in [-0.2, 0) is 0 Å². The van der Waals surface area contributed by atoms with Crippen LogP contribution >= 0.6 is 0 Å². The van der Waals surface area contributed by atoms with E-state index < -0.39 is 0 Å². The van der Waals surface area contributed by atoms with Gasteiger partial charge in [0.1, 0.15) is 11.4 Å². The largest absolute Gasteiger partial charge is 0.204 e. The second-order valence-corrected chi connectivity index (χ2v) is 4.52. The van der Waals surface area contributed by atoms with Gasteiger partial charge in [-0.1, -0.05) is 19.3 Å². The molecule has 0 amide bonds. The van der Waals surface area contributed by atoms with Gasteiger partial charge >= 0.3 is 0 Å². The zero-order valence-corrected chi connectivity index (χ0v) is 9.30. The molecule has 0 aliphatic heterocycles. The van der Waals surface area contributed by atoms with Crippen molar-refractivity contribution in [3.63, 3.8) is 0 Å². The lowest BCUT2D eigenvalue weighted by atomic mass is 9.78. The molecule has 1 saturated carbocycles. The van der Waals surface area contributed by atoms with Crippen LogP contribution < -0.4 is 0 Å². The lowest BCUT2D eigenvalue weighted by Gasteiger charge is -2.23. The average molecular weight is 205 g/mol. The zero-order valence-electron chi connectivity index (χ0n) is 9.30. The Bertz CT molecular complexity index is 296. The Kier molecular flexibility index (Phi) is 3.30. The van der Waals surface area contributed by atoms with Crippen LogP contribution in [0.4, 0.5) is 4.39 Å². The van der Waals surface area contributed by atoms with Gasteiger partial charge in [0.05, 0.1) is 0 Å². The van der Waals surface area contributed by atoms with Gasteiger partial charge in [-0.05, 0) is 12.8 Å². The molecule has 2 rings (SSSR count). The third kappa shape index (κ3) is 2.53. The van der Waals surface area contributed by atoms with Crippen LogP contribution in [0.1, 0.15) is 44.6 Å². The molecule has 15 heavy (non-hydrogen) atoms. The fourth-order valence-corrected chi connectivity index (χ4v) is 2.48. The first-order valence-corrected chi connectivity index (χ1v) is 5.87. The molecule has 1 aromatic carbocycles. The molecule has 0 unspecified atom stereocenters. The first kappa shape index (κ1) is 10.5. The third-order valence-corrected chi connectivity index (χ3v) is 3.52. The summed E-state index contributed by atoms with van der Waals surface area (Å²) in [5, 5.41) is 0. The van der Waals surface area contributed by atoms with Crippen LogP contribution in [0.5, 0.6) is 0 Å². The van der Waals surface area contributed by atoms with Crippen LogP contribution in [-0.4, -0.2) is 0 Å². The fourth-order valence-electron chi connectivity index (χ4n) is 2.48. The molecule has 0 heterocycles. The van der Waals surface area contributed by atoms with E-state index in [1.807, 2.05) is 12.1 Å². The van der Waals surface area contributed by atoms with Gasteiger partial charge in [0.25, 0.3) is 0 Å². The predicted octanol–water partition coefficient (Wildman–Crippen LogP) is 4.35. The Hall–Kier alpha value is -0.980. The van der Waals surface area contributed by atoms with Crippen molar-refractivity contribution in [1.82, 2.24) is 0 Å². The summed E-state index contributed by atoms with van der Waals surface area (Å²) >= 11 is 0. The molecule has 0 radical (unpaired) electrons. The maximum Gasteiger partial charge on any atom is 0.149 e. The van der Waals surface area contributed by atoms with Gasteiger partial charge in [-0.25, -0.2) is 4.39 Å². The molecule has 1 aliphatic carbocycles. The highest BCUT2D eigenvalue weighted by Gasteiger charge is 2.26. The van der Waals surface area contributed by atoms with E-state index in [0.29, 0.717) is 0 Å². The van der Waals surface area contributed by atoms with E-state index in [4.69, 9.17) is 0 Å². The van der Waals surface area contributed by atoms with Crippen molar-refractivity contribution in [3.05, 3.63) is 41.6 Å². The van der Waals surface area contributed by atoms with Crippen LogP contribution in [0.2, 0.25) is 0 Å². The first-order chi connectivity index (χ1) is 7.27. The SMILES string of the molecule is C[C+](c1ccc(F)cc1)C1CCCCC1. The molecule has 0 bridgehead atoms. The van der Waals surface area contributed by atoms with Gasteiger partial charge < -0.3 is 0 Å². The number of rotatable bonds is 2. The number of hydrogen-bond donors (Lipinski definition) is 0. The summed E-state index contributed by atoms with van der Waals surface area (Å²) < 4.78 is 12.8. The van der Waals surface area contributed by atoms with Gasteiger partial charge in [0.2, 0.25) is 0 Å². The summed E-state index contributed by atoms with van der Waals surface area (Å²) in [4.78, 5) is 0. The summed E-state index contributed by atoms with van der Waals surface area (Å²) in [6.45, 7) is 2.20. The van der Waals surface area contributed by atoms with Gasteiger partial charge in [0, 0.05) is 43.0 Å². The second-order valence-electron chi connectivity index (χ2n) is 4.52. The molecule has 80 valence electrons. The van der Waals surface area contributed by atoms with E-state index >= 15 is 0 Å². The molecule has 0 aromatic heterocycles. The second kappa shape index (κ2) is 4.69. The lowest BCUT2D eigenvalue weighted by Crippen LogP contribution is -2.14. The Balaban J connectivity index is 2.05. The monoisotopic (exact) mass is 205 g/mol. The van der Waals surface area contributed by atoms with E-state index in [2.05, 4.69) is 6.92 Å². The van der Waals surface area contributed by atoms with Crippen LogP contribution in [0.3, 0.4) is 0 Å². The molecule has 0 nitrogen and oxygen atoms in total. The van der Waals surface area contributed by atoms with Crippen LogP contribution in [0.15, 0.2) is 24.3 Å². The van der Waals surface area contributed by atoms with Crippen LogP contribution in [0, 0.1) is 17.7 Å². The summed E-state index contributed by atoms with van der Waals surface area (Å²) in [5.41, 5.74) is 1.21. The van der Waals surface area contributed by atoms with Crippen molar-refractivity contribution < 1.29 is 4.39 Å². The molecule has 0 atom stereocenters.